The molecule has 4 aromatic rings. The first-order valence-corrected chi connectivity index (χ1v) is 8.49. The minimum atomic E-state index is -0.112. The van der Waals surface area contributed by atoms with Crippen LogP contribution in [0.25, 0.3) is 10.9 Å². The van der Waals surface area contributed by atoms with E-state index >= 15 is 0 Å². The number of pyridine rings is 1. The zero-order valence-electron chi connectivity index (χ0n) is 14.9. The van der Waals surface area contributed by atoms with Crippen LogP contribution in [0.3, 0.4) is 0 Å². The van der Waals surface area contributed by atoms with Crippen molar-refractivity contribution in [3.05, 3.63) is 72.3 Å². The summed E-state index contributed by atoms with van der Waals surface area (Å²) in [5, 5.41) is 15.9. The second-order valence-corrected chi connectivity index (χ2v) is 6.22. The van der Waals surface area contributed by atoms with Gasteiger partial charge in [-0.1, -0.05) is 6.07 Å². The van der Waals surface area contributed by atoms with Crippen LogP contribution in [0.4, 0.5) is 11.5 Å². The molecule has 0 amide bonds. The number of aromatic nitrogens is 3. The third-order valence-corrected chi connectivity index (χ3v) is 4.17. The van der Waals surface area contributed by atoms with Gasteiger partial charge in [0, 0.05) is 11.4 Å². The first-order chi connectivity index (χ1) is 13.1. The molecule has 1 N–H and O–H groups in total. The molecule has 0 aliphatic rings. The van der Waals surface area contributed by atoms with E-state index in [1.165, 1.54) is 12.4 Å². The summed E-state index contributed by atoms with van der Waals surface area (Å²) in [7, 11) is 0. The molecule has 0 bridgehead atoms. The van der Waals surface area contributed by atoms with Gasteiger partial charge in [0.2, 0.25) is 0 Å². The number of nitrogens with one attached hydrogen (secondary N) is 1. The summed E-state index contributed by atoms with van der Waals surface area (Å²) in [4.78, 5) is 12.6. The molecule has 2 heterocycles. The Labute approximate surface area is 156 Å². The fraction of sp³-hybridized carbons (Fsp3) is 0.0952. The zero-order valence-corrected chi connectivity index (χ0v) is 14.9. The molecule has 0 aliphatic heterocycles. The molecule has 6 heteroatoms. The summed E-state index contributed by atoms with van der Waals surface area (Å²) in [6, 6.07) is 14.5. The van der Waals surface area contributed by atoms with E-state index < -0.39 is 0 Å². The average Bonchev–Trinajstić information content (AvgIpc) is 2.66. The van der Waals surface area contributed by atoms with Crippen molar-refractivity contribution in [2.45, 2.75) is 13.8 Å². The quantitative estimate of drug-likeness (QED) is 0.534. The number of ether oxygens (including phenoxy) is 1. The first kappa shape index (κ1) is 16.8. The maximum Gasteiger partial charge on any atom is 0.191 e. The highest BCUT2D eigenvalue weighted by atomic mass is 16.5. The van der Waals surface area contributed by atoms with Crippen LogP contribution in [0.2, 0.25) is 0 Å². The molecule has 0 unspecified atom stereocenters. The third kappa shape index (κ3) is 3.50. The van der Waals surface area contributed by atoms with Crippen LogP contribution < -0.4 is 10.1 Å². The number of fused-ring (bicyclic) bond motifs is 1. The van der Waals surface area contributed by atoms with Gasteiger partial charge >= 0.3 is 0 Å². The highest BCUT2D eigenvalue weighted by molar-refractivity contribution is 5.95. The highest BCUT2D eigenvalue weighted by Gasteiger charge is 2.11. The molecule has 4 rings (SSSR count). The molecule has 0 spiro atoms. The first-order valence-electron chi connectivity index (χ1n) is 8.49. The lowest BCUT2D eigenvalue weighted by molar-refractivity contribution is 0.360. The maximum atomic E-state index is 12.2. The van der Waals surface area contributed by atoms with Gasteiger partial charge < -0.3 is 10.1 Å². The van der Waals surface area contributed by atoms with E-state index in [0.717, 1.165) is 22.7 Å². The fourth-order valence-electron chi connectivity index (χ4n) is 2.79. The SMILES string of the molecule is Cc1ccc(Oc2ccc(Nc3ncnc4cccc([O])c34)cc2C)cn1. The van der Waals surface area contributed by atoms with Gasteiger partial charge in [0.15, 0.2) is 5.75 Å². The van der Waals surface area contributed by atoms with Crippen LogP contribution in [0.1, 0.15) is 11.3 Å². The van der Waals surface area contributed by atoms with Crippen LogP contribution in [0.15, 0.2) is 61.1 Å². The average molecular weight is 357 g/mol. The number of aryl methyl sites for hydroxylation is 2. The van der Waals surface area contributed by atoms with Crippen molar-refractivity contribution in [2.24, 2.45) is 0 Å². The largest absolute Gasteiger partial charge is 0.455 e. The third-order valence-electron chi connectivity index (χ3n) is 4.17. The predicted octanol–water partition coefficient (Wildman–Crippen LogP) is 5.32. The molecular weight excluding hydrogens is 340 g/mol. The van der Waals surface area contributed by atoms with Gasteiger partial charge in [-0.05, 0) is 61.9 Å². The van der Waals surface area contributed by atoms with E-state index in [1.54, 1.807) is 18.3 Å². The summed E-state index contributed by atoms with van der Waals surface area (Å²) in [5.41, 5.74) is 3.31. The minimum absolute atomic E-state index is 0.112. The van der Waals surface area contributed by atoms with E-state index in [4.69, 9.17) is 4.74 Å². The maximum absolute atomic E-state index is 12.2. The van der Waals surface area contributed by atoms with Gasteiger partial charge in [0.05, 0.1) is 17.1 Å². The molecule has 1 radical (unpaired) electrons. The number of hydrogen-bond donors (Lipinski definition) is 1. The predicted molar refractivity (Wildman–Crippen MR) is 103 cm³/mol. The number of rotatable bonds is 4. The molecule has 0 saturated carbocycles. The number of anilines is 2. The Bertz CT molecular complexity index is 1110. The van der Waals surface area contributed by atoms with Crippen LogP contribution in [0, 0.1) is 13.8 Å². The van der Waals surface area contributed by atoms with Gasteiger partial charge in [-0.3, -0.25) is 10.1 Å². The second-order valence-electron chi connectivity index (χ2n) is 6.22. The van der Waals surface area contributed by atoms with Gasteiger partial charge in [-0.2, -0.15) is 0 Å². The number of benzene rings is 2. The fourth-order valence-corrected chi connectivity index (χ4v) is 2.79. The zero-order chi connectivity index (χ0) is 18.8. The Hall–Kier alpha value is -3.67. The van der Waals surface area contributed by atoms with Crippen LogP contribution >= 0.6 is 0 Å². The van der Waals surface area contributed by atoms with Gasteiger partial charge in [-0.25, -0.2) is 9.97 Å². The summed E-state index contributed by atoms with van der Waals surface area (Å²) in [6.07, 6.45) is 3.14. The van der Waals surface area contributed by atoms with Gasteiger partial charge in [0.25, 0.3) is 0 Å². The molecule has 0 atom stereocenters. The van der Waals surface area contributed by atoms with E-state index in [0.29, 0.717) is 22.5 Å². The minimum Gasteiger partial charge on any atom is -0.455 e. The Morgan fingerprint density at radius 2 is 1.85 bits per heavy atom. The summed E-state index contributed by atoms with van der Waals surface area (Å²) in [6.45, 7) is 3.89. The van der Waals surface area contributed by atoms with Crippen molar-refractivity contribution < 1.29 is 9.84 Å². The smallest absolute Gasteiger partial charge is 0.191 e. The van der Waals surface area contributed by atoms with Crippen molar-refractivity contribution in [3.63, 3.8) is 0 Å². The summed E-state index contributed by atoms with van der Waals surface area (Å²) < 4.78 is 5.89. The van der Waals surface area contributed by atoms with Gasteiger partial charge in [0.1, 0.15) is 23.6 Å². The topological polar surface area (TPSA) is 79.8 Å². The van der Waals surface area contributed by atoms with E-state index in [2.05, 4.69) is 20.3 Å². The second kappa shape index (κ2) is 6.92. The van der Waals surface area contributed by atoms with Crippen molar-refractivity contribution >= 4 is 22.4 Å². The Morgan fingerprint density at radius 3 is 2.63 bits per heavy atom. The lowest BCUT2D eigenvalue weighted by Gasteiger charge is -2.12. The number of hydrogen-bond acceptors (Lipinski definition) is 5. The molecule has 2 aromatic heterocycles. The van der Waals surface area contributed by atoms with E-state index in [9.17, 15) is 5.11 Å². The van der Waals surface area contributed by atoms with Crippen LogP contribution in [-0.4, -0.2) is 15.0 Å². The molecule has 27 heavy (non-hydrogen) atoms. The summed E-state index contributed by atoms with van der Waals surface area (Å²) in [5.74, 6) is 1.80. The molecule has 6 nitrogen and oxygen atoms in total. The van der Waals surface area contributed by atoms with Crippen molar-refractivity contribution in [2.75, 3.05) is 5.32 Å². The van der Waals surface area contributed by atoms with Crippen LogP contribution in [0.5, 0.6) is 17.2 Å². The van der Waals surface area contributed by atoms with Crippen LogP contribution in [-0.2, 0) is 5.11 Å². The molecular formula is C21H17N4O2. The number of nitrogens with zero attached hydrogens (tertiary/aromatic N) is 3. The van der Waals surface area contributed by atoms with E-state index in [-0.39, 0.29) is 5.75 Å². The Morgan fingerprint density at radius 1 is 0.963 bits per heavy atom. The van der Waals surface area contributed by atoms with E-state index in [1.807, 2.05) is 44.2 Å². The molecule has 0 aliphatic carbocycles. The lowest BCUT2D eigenvalue weighted by atomic mass is 10.2. The van der Waals surface area contributed by atoms with Crippen molar-refractivity contribution in [3.8, 4) is 17.2 Å². The monoisotopic (exact) mass is 357 g/mol. The standard InChI is InChI=1S/C21H17N4O2/c1-13-10-15(7-9-19(13)27-16-8-6-14(2)22-11-16)25-21-20-17(23-12-24-21)4-3-5-18(20)26/h3-12H,1-2H3,(H,23,24,25). The highest BCUT2D eigenvalue weighted by Crippen LogP contribution is 2.32. The summed E-state index contributed by atoms with van der Waals surface area (Å²) >= 11 is 0. The Balaban J connectivity index is 1.61. The Kier molecular flexibility index (Phi) is 4.30. The molecule has 133 valence electrons. The van der Waals surface area contributed by atoms with Gasteiger partial charge in [-0.15, -0.1) is 0 Å². The molecule has 0 saturated heterocycles. The molecule has 0 fully saturated rings. The lowest BCUT2D eigenvalue weighted by Crippen LogP contribution is -1.97. The molecule has 2 aromatic carbocycles. The van der Waals surface area contributed by atoms with Crippen molar-refractivity contribution in [1.82, 2.24) is 15.0 Å². The normalized spacial score (nSPS) is 10.7. The van der Waals surface area contributed by atoms with Crippen molar-refractivity contribution in [1.29, 1.82) is 0 Å².